The van der Waals surface area contributed by atoms with Crippen molar-refractivity contribution < 1.29 is 4.74 Å². The maximum atomic E-state index is 5.38. The number of ether oxygens (including phenoxy) is 1. The predicted octanol–water partition coefficient (Wildman–Crippen LogP) is 3.31. The van der Waals surface area contributed by atoms with Crippen LogP contribution in [0.4, 0.5) is 0 Å². The minimum atomic E-state index is 0.301. The van der Waals surface area contributed by atoms with Crippen LogP contribution in [0.5, 0.6) is 5.75 Å². The molecule has 0 fully saturated rings. The molecule has 88 valence electrons. The molecule has 0 spiro atoms. The fourth-order valence-corrected chi connectivity index (χ4v) is 1.77. The van der Waals surface area contributed by atoms with Gasteiger partial charge in [0.15, 0.2) is 0 Å². The van der Waals surface area contributed by atoms with Gasteiger partial charge in [0.05, 0.1) is 7.11 Å². The smallest absolute Gasteiger partial charge is 0.123 e. The van der Waals surface area contributed by atoms with Crippen LogP contribution in [0.1, 0.15) is 31.9 Å². The van der Waals surface area contributed by atoms with Crippen LogP contribution in [-0.4, -0.2) is 13.2 Å². The van der Waals surface area contributed by atoms with E-state index in [0.29, 0.717) is 12.1 Å². The summed E-state index contributed by atoms with van der Waals surface area (Å²) in [5, 5.41) is 3.51. The van der Waals surface area contributed by atoms with E-state index in [9.17, 15) is 0 Å². The normalized spacial score (nSPS) is 14.2. The highest BCUT2D eigenvalue weighted by molar-refractivity contribution is 5.35. The molecule has 0 aliphatic heterocycles. The third-order valence-corrected chi connectivity index (χ3v) is 2.74. The molecule has 0 amide bonds. The van der Waals surface area contributed by atoms with Crippen LogP contribution >= 0.6 is 0 Å². The highest BCUT2D eigenvalue weighted by Crippen LogP contribution is 2.27. The molecule has 0 saturated heterocycles. The molecule has 1 aromatic carbocycles. The Labute approximate surface area is 98.3 Å². The van der Waals surface area contributed by atoms with E-state index in [0.717, 1.165) is 12.2 Å². The Morgan fingerprint density at radius 1 is 1.44 bits per heavy atom. The first-order valence-corrected chi connectivity index (χ1v) is 5.74. The van der Waals surface area contributed by atoms with Crippen molar-refractivity contribution in [2.24, 2.45) is 0 Å². The molecule has 0 heterocycles. The van der Waals surface area contributed by atoms with Crippen molar-refractivity contribution in [3.05, 3.63) is 42.5 Å². The van der Waals surface area contributed by atoms with Crippen LogP contribution in [0.3, 0.4) is 0 Å². The maximum absolute atomic E-state index is 5.38. The topological polar surface area (TPSA) is 21.3 Å². The standard InChI is InChI=1S/C14H21NO/c1-5-11(3)15-13(6-2)12-9-7-8-10-14(12)16-4/h5,7-11,13,15H,1,6H2,2-4H3. The van der Waals surface area contributed by atoms with Crippen LogP contribution in [0, 0.1) is 0 Å². The van der Waals surface area contributed by atoms with Gasteiger partial charge in [0, 0.05) is 17.6 Å². The Hall–Kier alpha value is -1.28. The first-order valence-electron chi connectivity index (χ1n) is 5.74. The summed E-state index contributed by atoms with van der Waals surface area (Å²) in [5.74, 6) is 0.943. The molecule has 2 atom stereocenters. The molecule has 16 heavy (non-hydrogen) atoms. The molecule has 2 unspecified atom stereocenters. The van der Waals surface area contributed by atoms with E-state index in [1.165, 1.54) is 5.56 Å². The van der Waals surface area contributed by atoms with E-state index in [-0.39, 0.29) is 0 Å². The monoisotopic (exact) mass is 219 g/mol. The molecule has 2 nitrogen and oxygen atoms in total. The molecule has 0 saturated carbocycles. The van der Waals surface area contributed by atoms with Crippen LogP contribution in [0.2, 0.25) is 0 Å². The van der Waals surface area contributed by atoms with Gasteiger partial charge in [-0.3, -0.25) is 0 Å². The number of benzene rings is 1. The molecule has 2 heteroatoms. The summed E-state index contributed by atoms with van der Waals surface area (Å²) in [6.07, 6.45) is 2.94. The number of hydrogen-bond acceptors (Lipinski definition) is 2. The average Bonchev–Trinajstić information content (AvgIpc) is 2.35. The third-order valence-electron chi connectivity index (χ3n) is 2.74. The fraction of sp³-hybridized carbons (Fsp3) is 0.429. The number of nitrogens with one attached hydrogen (secondary N) is 1. The number of hydrogen-bond donors (Lipinski definition) is 1. The van der Waals surface area contributed by atoms with E-state index in [4.69, 9.17) is 4.74 Å². The number of para-hydroxylation sites is 1. The van der Waals surface area contributed by atoms with E-state index in [2.05, 4.69) is 31.8 Å². The van der Waals surface area contributed by atoms with E-state index >= 15 is 0 Å². The second-order valence-electron chi connectivity index (χ2n) is 3.89. The zero-order chi connectivity index (χ0) is 12.0. The van der Waals surface area contributed by atoms with Crippen molar-refractivity contribution in [3.63, 3.8) is 0 Å². The van der Waals surface area contributed by atoms with Crippen LogP contribution < -0.4 is 10.1 Å². The van der Waals surface area contributed by atoms with Crippen molar-refractivity contribution in [3.8, 4) is 5.75 Å². The molecule has 0 aliphatic carbocycles. The molecule has 1 N–H and O–H groups in total. The minimum Gasteiger partial charge on any atom is -0.496 e. The summed E-state index contributed by atoms with van der Waals surface area (Å²) in [5.41, 5.74) is 1.21. The van der Waals surface area contributed by atoms with Gasteiger partial charge in [-0.1, -0.05) is 31.2 Å². The molecule has 0 aliphatic rings. The lowest BCUT2D eigenvalue weighted by molar-refractivity contribution is 0.394. The van der Waals surface area contributed by atoms with Crippen LogP contribution in [0.25, 0.3) is 0 Å². The Balaban J connectivity index is 2.89. The lowest BCUT2D eigenvalue weighted by atomic mass is 10.0. The Kier molecular flexibility index (Phi) is 5.06. The largest absolute Gasteiger partial charge is 0.496 e. The zero-order valence-electron chi connectivity index (χ0n) is 10.4. The summed E-state index contributed by atoms with van der Waals surface area (Å²) in [6, 6.07) is 8.75. The highest BCUT2D eigenvalue weighted by Gasteiger charge is 2.14. The Morgan fingerprint density at radius 3 is 2.69 bits per heavy atom. The van der Waals surface area contributed by atoms with Crippen LogP contribution in [0.15, 0.2) is 36.9 Å². The summed E-state index contributed by atoms with van der Waals surface area (Å²) in [7, 11) is 1.71. The van der Waals surface area contributed by atoms with E-state index in [1.54, 1.807) is 7.11 Å². The average molecular weight is 219 g/mol. The fourth-order valence-electron chi connectivity index (χ4n) is 1.77. The van der Waals surface area contributed by atoms with Gasteiger partial charge < -0.3 is 10.1 Å². The van der Waals surface area contributed by atoms with Crippen molar-refractivity contribution >= 4 is 0 Å². The second kappa shape index (κ2) is 6.33. The Morgan fingerprint density at radius 2 is 2.12 bits per heavy atom. The molecule has 0 bridgehead atoms. The highest BCUT2D eigenvalue weighted by atomic mass is 16.5. The Bertz CT molecular complexity index is 335. The van der Waals surface area contributed by atoms with Crippen molar-refractivity contribution in [2.75, 3.05) is 7.11 Å². The second-order valence-corrected chi connectivity index (χ2v) is 3.89. The molecule has 1 aromatic rings. The number of methoxy groups -OCH3 is 1. The molecule has 0 aromatic heterocycles. The van der Waals surface area contributed by atoms with Crippen molar-refractivity contribution in [1.29, 1.82) is 0 Å². The van der Waals surface area contributed by atoms with Crippen molar-refractivity contribution in [2.45, 2.75) is 32.4 Å². The lowest BCUT2D eigenvalue weighted by Crippen LogP contribution is -2.28. The molecular formula is C14H21NO. The maximum Gasteiger partial charge on any atom is 0.123 e. The van der Waals surface area contributed by atoms with Gasteiger partial charge in [-0.15, -0.1) is 6.58 Å². The van der Waals surface area contributed by atoms with Gasteiger partial charge in [-0.2, -0.15) is 0 Å². The minimum absolute atomic E-state index is 0.301. The molecular weight excluding hydrogens is 198 g/mol. The summed E-state index contributed by atoms with van der Waals surface area (Å²) < 4.78 is 5.38. The summed E-state index contributed by atoms with van der Waals surface area (Å²) in [6.45, 7) is 8.06. The number of rotatable bonds is 6. The zero-order valence-corrected chi connectivity index (χ0v) is 10.4. The van der Waals surface area contributed by atoms with Gasteiger partial charge in [0.2, 0.25) is 0 Å². The van der Waals surface area contributed by atoms with E-state index in [1.807, 2.05) is 24.3 Å². The van der Waals surface area contributed by atoms with Crippen molar-refractivity contribution in [1.82, 2.24) is 5.32 Å². The third kappa shape index (κ3) is 3.11. The predicted molar refractivity (Wildman–Crippen MR) is 68.8 cm³/mol. The lowest BCUT2D eigenvalue weighted by Gasteiger charge is -2.22. The van der Waals surface area contributed by atoms with Gasteiger partial charge >= 0.3 is 0 Å². The first-order chi connectivity index (χ1) is 7.72. The summed E-state index contributed by atoms with van der Waals surface area (Å²) >= 11 is 0. The molecule has 0 radical (unpaired) electrons. The molecule has 1 rings (SSSR count). The van der Waals surface area contributed by atoms with Gasteiger partial charge in [0.25, 0.3) is 0 Å². The van der Waals surface area contributed by atoms with Gasteiger partial charge in [0.1, 0.15) is 5.75 Å². The first kappa shape index (κ1) is 12.8. The SMILES string of the molecule is C=CC(C)NC(CC)c1ccccc1OC. The van der Waals surface area contributed by atoms with Gasteiger partial charge in [-0.25, -0.2) is 0 Å². The quantitative estimate of drug-likeness (QED) is 0.741. The summed E-state index contributed by atoms with van der Waals surface area (Å²) in [4.78, 5) is 0. The van der Waals surface area contributed by atoms with Crippen LogP contribution in [-0.2, 0) is 0 Å². The van der Waals surface area contributed by atoms with Gasteiger partial charge in [-0.05, 0) is 19.4 Å². The van der Waals surface area contributed by atoms with E-state index < -0.39 is 0 Å².